The third-order valence-corrected chi connectivity index (χ3v) is 6.44. The molecule has 150 valence electrons. The highest BCUT2D eigenvalue weighted by molar-refractivity contribution is 8.00. The molecule has 0 fully saturated rings. The van der Waals surface area contributed by atoms with Gasteiger partial charge in [0.05, 0.1) is 10.5 Å². The molecule has 0 saturated heterocycles. The van der Waals surface area contributed by atoms with Crippen LogP contribution in [0.4, 0.5) is 0 Å². The van der Waals surface area contributed by atoms with Crippen LogP contribution >= 0.6 is 46.7 Å². The highest BCUT2D eigenvalue weighted by Crippen LogP contribution is 2.25. The van der Waals surface area contributed by atoms with Crippen LogP contribution in [-0.4, -0.2) is 35.4 Å². The van der Waals surface area contributed by atoms with E-state index < -0.39 is 0 Å². The van der Waals surface area contributed by atoms with Crippen molar-refractivity contribution in [1.82, 2.24) is 10.6 Å². The highest BCUT2D eigenvalue weighted by atomic mass is 35.5. The third-order valence-electron chi connectivity index (χ3n) is 3.71. The van der Waals surface area contributed by atoms with Crippen molar-refractivity contribution >= 4 is 58.5 Å². The molecule has 0 spiro atoms. The Morgan fingerprint density at radius 1 is 0.750 bits per heavy atom. The highest BCUT2D eigenvalue weighted by Gasteiger charge is 2.16. The number of hydrogen-bond acceptors (Lipinski definition) is 4. The van der Waals surface area contributed by atoms with E-state index in [1.54, 1.807) is 24.3 Å². The Morgan fingerprint density at radius 3 is 1.39 bits per heavy atom. The Balaban J connectivity index is 1.66. The quantitative estimate of drug-likeness (QED) is 0.416. The van der Waals surface area contributed by atoms with Gasteiger partial charge in [-0.05, 0) is 62.4 Å². The van der Waals surface area contributed by atoms with Gasteiger partial charge < -0.3 is 10.6 Å². The third kappa shape index (κ3) is 7.95. The van der Waals surface area contributed by atoms with Crippen molar-refractivity contribution in [2.75, 3.05) is 13.1 Å². The monoisotopic (exact) mass is 456 g/mol. The molecule has 2 atom stereocenters. The SMILES string of the molecule is CC(Sc1ccc(Cl)cc1)C(=O)NCCNC(=O)C(C)Sc1ccc(Cl)cc1. The first-order valence-corrected chi connectivity index (χ1v) is 11.3. The zero-order chi connectivity index (χ0) is 20.5. The van der Waals surface area contributed by atoms with Gasteiger partial charge in [0.15, 0.2) is 0 Å². The summed E-state index contributed by atoms with van der Waals surface area (Å²) >= 11 is 14.7. The van der Waals surface area contributed by atoms with Crippen molar-refractivity contribution in [3.63, 3.8) is 0 Å². The van der Waals surface area contributed by atoms with E-state index in [4.69, 9.17) is 23.2 Å². The summed E-state index contributed by atoms with van der Waals surface area (Å²) in [4.78, 5) is 26.3. The van der Waals surface area contributed by atoms with Crippen LogP contribution in [0.15, 0.2) is 58.3 Å². The summed E-state index contributed by atoms with van der Waals surface area (Å²) in [6, 6.07) is 14.7. The van der Waals surface area contributed by atoms with Crippen molar-refractivity contribution in [3.05, 3.63) is 58.6 Å². The van der Waals surface area contributed by atoms with Crippen LogP contribution in [0, 0.1) is 0 Å². The summed E-state index contributed by atoms with van der Waals surface area (Å²) in [5.74, 6) is -0.143. The Labute approximate surface area is 184 Å². The number of rotatable bonds is 9. The van der Waals surface area contributed by atoms with E-state index in [2.05, 4.69) is 10.6 Å². The second-order valence-corrected chi connectivity index (χ2v) is 9.71. The lowest BCUT2D eigenvalue weighted by molar-refractivity contribution is -0.122. The summed E-state index contributed by atoms with van der Waals surface area (Å²) in [5.41, 5.74) is 0. The fraction of sp³-hybridized carbons (Fsp3) is 0.300. The van der Waals surface area contributed by atoms with Crippen LogP contribution in [-0.2, 0) is 9.59 Å². The van der Waals surface area contributed by atoms with Crippen LogP contribution in [0.1, 0.15) is 13.8 Å². The van der Waals surface area contributed by atoms with Crippen LogP contribution in [0.5, 0.6) is 0 Å². The minimum atomic E-state index is -0.240. The molecule has 2 amide bonds. The maximum Gasteiger partial charge on any atom is 0.233 e. The summed E-state index contributed by atoms with van der Waals surface area (Å²) in [5, 5.41) is 6.54. The minimum Gasteiger partial charge on any atom is -0.353 e. The first-order chi connectivity index (χ1) is 13.3. The lowest BCUT2D eigenvalue weighted by atomic mass is 10.4. The predicted octanol–water partition coefficient (Wildman–Crippen LogP) is 4.89. The molecule has 0 aliphatic carbocycles. The average molecular weight is 457 g/mol. The van der Waals surface area contributed by atoms with Gasteiger partial charge in [-0.1, -0.05) is 23.2 Å². The molecule has 0 heterocycles. The van der Waals surface area contributed by atoms with Gasteiger partial charge in [0.25, 0.3) is 0 Å². The normalized spacial score (nSPS) is 12.9. The van der Waals surface area contributed by atoms with Gasteiger partial charge in [0.1, 0.15) is 0 Å². The topological polar surface area (TPSA) is 58.2 Å². The largest absolute Gasteiger partial charge is 0.353 e. The van der Waals surface area contributed by atoms with Crippen molar-refractivity contribution in [2.45, 2.75) is 34.1 Å². The number of thioether (sulfide) groups is 2. The second kappa shape index (κ2) is 11.6. The van der Waals surface area contributed by atoms with E-state index in [-0.39, 0.29) is 22.3 Å². The summed E-state index contributed by atoms with van der Waals surface area (Å²) in [7, 11) is 0. The molecule has 0 aliphatic heterocycles. The summed E-state index contributed by atoms with van der Waals surface area (Å²) in [6.45, 7) is 4.46. The molecule has 0 aromatic heterocycles. The number of carbonyl (C=O) groups is 2. The number of carbonyl (C=O) groups excluding carboxylic acids is 2. The minimum absolute atomic E-state index is 0.0715. The Morgan fingerprint density at radius 2 is 1.07 bits per heavy atom. The van der Waals surface area contributed by atoms with E-state index in [0.29, 0.717) is 23.1 Å². The van der Waals surface area contributed by atoms with E-state index in [1.165, 1.54) is 23.5 Å². The number of hydrogen-bond donors (Lipinski definition) is 2. The summed E-state index contributed by atoms with van der Waals surface area (Å²) in [6.07, 6.45) is 0. The fourth-order valence-corrected chi connectivity index (χ4v) is 4.24. The zero-order valence-corrected chi connectivity index (χ0v) is 18.7. The van der Waals surface area contributed by atoms with Crippen LogP contribution in [0.3, 0.4) is 0 Å². The van der Waals surface area contributed by atoms with Crippen LogP contribution in [0.2, 0.25) is 10.0 Å². The smallest absolute Gasteiger partial charge is 0.233 e. The Kier molecular flexibility index (Phi) is 9.51. The molecule has 8 heteroatoms. The zero-order valence-electron chi connectivity index (χ0n) is 15.6. The molecule has 0 bridgehead atoms. The lowest BCUT2D eigenvalue weighted by Gasteiger charge is -2.14. The van der Waals surface area contributed by atoms with Gasteiger partial charge in [-0.3, -0.25) is 9.59 Å². The van der Waals surface area contributed by atoms with Crippen molar-refractivity contribution < 1.29 is 9.59 Å². The maximum atomic E-state index is 12.2. The van der Waals surface area contributed by atoms with E-state index in [0.717, 1.165) is 9.79 Å². The van der Waals surface area contributed by atoms with Gasteiger partial charge in [-0.15, -0.1) is 23.5 Å². The van der Waals surface area contributed by atoms with Crippen LogP contribution in [0.25, 0.3) is 0 Å². The number of halogens is 2. The number of benzene rings is 2. The molecule has 2 aromatic rings. The van der Waals surface area contributed by atoms with Gasteiger partial charge >= 0.3 is 0 Å². The molecule has 28 heavy (non-hydrogen) atoms. The van der Waals surface area contributed by atoms with Gasteiger partial charge in [-0.2, -0.15) is 0 Å². The predicted molar refractivity (Wildman–Crippen MR) is 120 cm³/mol. The van der Waals surface area contributed by atoms with Crippen molar-refractivity contribution in [1.29, 1.82) is 0 Å². The molecular formula is C20H22Cl2N2O2S2. The van der Waals surface area contributed by atoms with Gasteiger partial charge in [-0.25, -0.2) is 0 Å². The average Bonchev–Trinajstić information content (AvgIpc) is 2.68. The standard InChI is InChI=1S/C20H22Cl2N2O2S2/c1-13(27-17-7-3-15(21)4-8-17)19(25)23-11-12-24-20(26)14(2)28-18-9-5-16(22)6-10-18/h3-10,13-14H,11-12H2,1-2H3,(H,23,25)(H,24,26). The Hall–Kier alpha value is -1.34. The molecule has 2 aromatic carbocycles. The van der Waals surface area contributed by atoms with Gasteiger partial charge in [0.2, 0.25) is 11.8 Å². The molecule has 2 unspecified atom stereocenters. The first-order valence-electron chi connectivity index (χ1n) is 8.75. The molecule has 0 aliphatic rings. The van der Waals surface area contributed by atoms with E-state index >= 15 is 0 Å². The summed E-state index contributed by atoms with van der Waals surface area (Å²) < 4.78 is 0. The Bertz CT molecular complexity index is 718. The number of nitrogens with one attached hydrogen (secondary N) is 2. The van der Waals surface area contributed by atoms with E-state index in [1.807, 2.05) is 38.1 Å². The molecule has 0 radical (unpaired) electrons. The molecule has 0 saturated carbocycles. The van der Waals surface area contributed by atoms with Gasteiger partial charge in [0, 0.05) is 32.9 Å². The fourth-order valence-electron chi connectivity index (χ4n) is 2.20. The first kappa shape index (κ1) is 22.9. The lowest BCUT2D eigenvalue weighted by Crippen LogP contribution is -2.39. The van der Waals surface area contributed by atoms with Crippen molar-refractivity contribution in [3.8, 4) is 0 Å². The molecular weight excluding hydrogens is 435 g/mol. The number of amides is 2. The van der Waals surface area contributed by atoms with E-state index in [9.17, 15) is 9.59 Å². The maximum absolute atomic E-state index is 12.2. The second-order valence-electron chi connectivity index (χ2n) is 6.01. The van der Waals surface area contributed by atoms with Crippen molar-refractivity contribution in [2.24, 2.45) is 0 Å². The molecule has 2 N–H and O–H groups in total. The van der Waals surface area contributed by atoms with Crippen LogP contribution < -0.4 is 10.6 Å². The molecule has 2 rings (SSSR count). The molecule has 4 nitrogen and oxygen atoms in total.